The number of aliphatic hydroxyl groups excluding tert-OH is 1. The predicted octanol–water partition coefficient (Wildman–Crippen LogP) is 2.53. The number of benzene rings is 1. The maximum Gasteiger partial charge on any atom is 0.363 e. The summed E-state index contributed by atoms with van der Waals surface area (Å²) in [4.78, 5) is 0. The summed E-state index contributed by atoms with van der Waals surface area (Å²) < 4.78 is 24.8. The quantitative estimate of drug-likeness (QED) is 0.691. The zero-order valence-electron chi connectivity index (χ0n) is 12.8. The number of aliphatic hydroxyl groups is 1. The molecule has 0 aliphatic rings. The van der Waals surface area contributed by atoms with Gasteiger partial charge in [-0.1, -0.05) is 18.2 Å². The summed E-state index contributed by atoms with van der Waals surface area (Å²) in [7, 11) is -3.74. The number of hydrogen-bond donors (Lipinski definition) is 1. The number of rotatable bonds is 6. The SMILES string of the molecule is CCOP(=O)(OCC)C(O)c1cc2ccccc2n2nnnc12. The van der Waals surface area contributed by atoms with E-state index in [2.05, 4.69) is 15.5 Å². The lowest BCUT2D eigenvalue weighted by Crippen LogP contribution is -2.08. The van der Waals surface area contributed by atoms with Gasteiger partial charge in [0.05, 0.1) is 18.7 Å². The van der Waals surface area contributed by atoms with Crippen molar-refractivity contribution in [1.29, 1.82) is 0 Å². The summed E-state index contributed by atoms with van der Waals surface area (Å²) in [5.41, 5.74) is 1.40. The first-order valence-electron chi connectivity index (χ1n) is 7.27. The molecule has 1 N–H and O–H groups in total. The van der Waals surface area contributed by atoms with Gasteiger partial charge in [0.1, 0.15) is 0 Å². The summed E-state index contributed by atoms with van der Waals surface area (Å²) in [5.74, 6) is -1.47. The molecule has 2 heterocycles. The Balaban J connectivity index is 2.21. The Morgan fingerprint density at radius 3 is 2.65 bits per heavy atom. The normalized spacial score (nSPS) is 13.7. The van der Waals surface area contributed by atoms with Crippen molar-refractivity contribution in [2.75, 3.05) is 13.2 Å². The van der Waals surface area contributed by atoms with E-state index in [0.717, 1.165) is 10.9 Å². The van der Waals surface area contributed by atoms with Gasteiger partial charge in [-0.25, -0.2) is 0 Å². The monoisotopic (exact) mass is 336 g/mol. The molecule has 0 aliphatic carbocycles. The van der Waals surface area contributed by atoms with Gasteiger partial charge in [0.15, 0.2) is 11.5 Å². The molecule has 1 aromatic carbocycles. The highest BCUT2D eigenvalue weighted by Gasteiger charge is 2.37. The zero-order valence-corrected chi connectivity index (χ0v) is 13.7. The first-order valence-corrected chi connectivity index (χ1v) is 8.88. The number of pyridine rings is 1. The molecule has 3 rings (SSSR count). The molecule has 2 aromatic heterocycles. The Kier molecular flexibility index (Phi) is 4.41. The molecule has 1 unspecified atom stereocenters. The molecule has 0 spiro atoms. The summed E-state index contributed by atoms with van der Waals surface area (Å²) >= 11 is 0. The van der Waals surface area contributed by atoms with Crippen LogP contribution in [-0.2, 0) is 13.6 Å². The second kappa shape index (κ2) is 6.33. The van der Waals surface area contributed by atoms with E-state index in [1.807, 2.05) is 24.3 Å². The van der Waals surface area contributed by atoms with Crippen LogP contribution < -0.4 is 0 Å². The number of hydrogen-bond acceptors (Lipinski definition) is 7. The highest BCUT2D eigenvalue weighted by molar-refractivity contribution is 7.54. The fourth-order valence-corrected chi connectivity index (χ4v) is 4.07. The van der Waals surface area contributed by atoms with Crippen LogP contribution in [0.4, 0.5) is 0 Å². The fourth-order valence-electron chi connectivity index (χ4n) is 2.46. The molecular formula is C14H17N4O4P. The van der Waals surface area contributed by atoms with E-state index in [9.17, 15) is 9.67 Å². The Morgan fingerprint density at radius 2 is 1.96 bits per heavy atom. The molecule has 3 aromatic rings. The van der Waals surface area contributed by atoms with Gasteiger partial charge in [-0.15, -0.1) is 5.10 Å². The molecule has 0 amide bonds. The number of tetrazole rings is 1. The zero-order chi connectivity index (χ0) is 16.4. The van der Waals surface area contributed by atoms with Crippen LogP contribution in [-0.4, -0.2) is 38.4 Å². The highest BCUT2D eigenvalue weighted by atomic mass is 31.2. The van der Waals surface area contributed by atoms with Crippen molar-refractivity contribution in [3.63, 3.8) is 0 Å². The molecule has 9 heteroatoms. The first-order chi connectivity index (χ1) is 11.1. The maximum absolute atomic E-state index is 12.8. The number of fused-ring (bicyclic) bond motifs is 3. The van der Waals surface area contributed by atoms with Crippen molar-refractivity contribution in [1.82, 2.24) is 20.0 Å². The third kappa shape index (κ3) is 2.74. The van der Waals surface area contributed by atoms with Crippen LogP contribution in [0.1, 0.15) is 25.3 Å². The van der Waals surface area contributed by atoms with Gasteiger partial charge in [0.2, 0.25) is 0 Å². The van der Waals surface area contributed by atoms with Crippen molar-refractivity contribution in [3.8, 4) is 0 Å². The smallest absolute Gasteiger partial charge is 0.363 e. The largest absolute Gasteiger partial charge is 0.376 e. The first kappa shape index (κ1) is 16.0. The van der Waals surface area contributed by atoms with Crippen LogP contribution in [0.5, 0.6) is 0 Å². The Labute approximate surface area is 132 Å². The van der Waals surface area contributed by atoms with Crippen molar-refractivity contribution < 1.29 is 18.7 Å². The van der Waals surface area contributed by atoms with E-state index < -0.39 is 13.4 Å². The molecule has 0 saturated heterocycles. The van der Waals surface area contributed by atoms with Gasteiger partial charge in [-0.3, -0.25) is 4.57 Å². The Morgan fingerprint density at radius 1 is 1.26 bits per heavy atom. The molecule has 0 bridgehead atoms. The molecule has 1 atom stereocenters. The minimum atomic E-state index is -3.74. The predicted molar refractivity (Wildman–Crippen MR) is 84.1 cm³/mol. The van der Waals surface area contributed by atoms with E-state index in [4.69, 9.17) is 9.05 Å². The van der Waals surface area contributed by atoms with Crippen molar-refractivity contribution >= 4 is 24.1 Å². The fraction of sp³-hybridized carbons (Fsp3) is 0.357. The lowest BCUT2D eigenvalue weighted by molar-refractivity contribution is 0.150. The minimum Gasteiger partial charge on any atom is -0.376 e. The van der Waals surface area contributed by atoms with Crippen LogP contribution in [0.25, 0.3) is 16.6 Å². The van der Waals surface area contributed by atoms with E-state index in [1.165, 1.54) is 4.52 Å². The molecule has 122 valence electrons. The molecule has 0 radical (unpaired) electrons. The Hall–Kier alpha value is -1.86. The summed E-state index contributed by atoms with van der Waals surface area (Å²) in [6.45, 7) is 3.69. The van der Waals surface area contributed by atoms with Crippen LogP contribution in [0.15, 0.2) is 30.3 Å². The van der Waals surface area contributed by atoms with Gasteiger partial charge in [0, 0.05) is 10.9 Å². The lowest BCUT2D eigenvalue weighted by Gasteiger charge is -2.22. The van der Waals surface area contributed by atoms with Crippen LogP contribution in [0.2, 0.25) is 0 Å². The van der Waals surface area contributed by atoms with E-state index in [0.29, 0.717) is 11.2 Å². The second-order valence-electron chi connectivity index (χ2n) is 4.82. The second-order valence-corrected chi connectivity index (χ2v) is 6.91. The summed E-state index contributed by atoms with van der Waals surface area (Å²) in [5, 5.41) is 23.0. The van der Waals surface area contributed by atoms with Crippen molar-refractivity contribution in [2.24, 2.45) is 0 Å². The van der Waals surface area contributed by atoms with Crippen molar-refractivity contribution in [2.45, 2.75) is 19.7 Å². The standard InChI is InChI=1S/C14H17N4O4P/c1-3-21-23(20,22-4-2)14(19)11-9-10-7-5-6-8-12(10)18-13(11)15-16-17-18/h5-9,14,19H,3-4H2,1-2H3. The lowest BCUT2D eigenvalue weighted by atomic mass is 10.1. The van der Waals surface area contributed by atoms with Gasteiger partial charge in [-0.05, 0) is 36.4 Å². The maximum atomic E-state index is 12.8. The highest BCUT2D eigenvalue weighted by Crippen LogP contribution is 2.60. The van der Waals surface area contributed by atoms with Crippen LogP contribution >= 0.6 is 7.60 Å². The third-order valence-corrected chi connectivity index (χ3v) is 5.51. The number of aromatic nitrogens is 4. The van der Waals surface area contributed by atoms with Crippen LogP contribution in [0, 0.1) is 0 Å². The summed E-state index contributed by atoms with van der Waals surface area (Å²) in [6, 6.07) is 9.15. The average molecular weight is 336 g/mol. The molecule has 0 fully saturated rings. The molecule has 0 aliphatic heterocycles. The number of para-hydroxylation sites is 1. The van der Waals surface area contributed by atoms with Crippen LogP contribution in [0.3, 0.4) is 0 Å². The van der Waals surface area contributed by atoms with Gasteiger partial charge >= 0.3 is 7.60 Å². The Bertz CT molecular complexity index is 871. The molecule has 8 nitrogen and oxygen atoms in total. The molecular weight excluding hydrogens is 319 g/mol. The molecule has 0 saturated carbocycles. The average Bonchev–Trinajstić information content (AvgIpc) is 3.04. The van der Waals surface area contributed by atoms with E-state index >= 15 is 0 Å². The minimum absolute atomic E-state index is 0.156. The van der Waals surface area contributed by atoms with E-state index in [1.54, 1.807) is 19.9 Å². The third-order valence-electron chi connectivity index (χ3n) is 3.40. The topological polar surface area (TPSA) is 98.8 Å². The van der Waals surface area contributed by atoms with Crippen molar-refractivity contribution in [3.05, 3.63) is 35.9 Å². The molecule has 23 heavy (non-hydrogen) atoms. The number of nitrogens with zero attached hydrogens (tertiary/aromatic N) is 4. The van der Waals surface area contributed by atoms with Gasteiger partial charge in [-0.2, -0.15) is 4.52 Å². The van der Waals surface area contributed by atoms with E-state index in [-0.39, 0.29) is 13.2 Å². The van der Waals surface area contributed by atoms with Gasteiger partial charge in [0.25, 0.3) is 0 Å². The summed E-state index contributed by atoms with van der Waals surface area (Å²) in [6.07, 6.45) is 0. The van der Waals surface area contributed by atoms with Gasteiger partial charge < -0.3 is 14.2 Å².